The van der Waals surface area contributed by atoms with Crippen molar-refractivity contribution in [3.63, 3.8) is 0 Å². The lowest BCUT2D eigenvalue weighted by Gasteiger charge is -2.25. The number of nitrogens with two attached hydrogens (primary N) is 1. The first-order valence-corrected chi connectivity index (χ1v) is 4.30. The van der Waals surface area contributed by atoms with Crippen LogP contribution >= 0.6 is 0 Å². The molecule has 0 fully saturated rings. The number of rotatable bonds is 6. The summed E-state index contributed by atoms with van der Waals surface area (Å²) in [7, 11) is 0. The number of nitrogens with zero attached hydrogens (tertiary/aromatic N) is 1. The van der Waals surface area contributed by atoms with Crippen molar-refractivity contribution in [1.29, 1.82) is 0 Å². The molecule has 0 aromatic carbocycles. The van der Waals surface area contributed by atoms with Crippen molar-refractivity contribution >= 4 is 0 Å². The van der Waals surface area contributed by atoms with Gasteiger partial charge in [0.25, 0.3) is 6.43 Å². The summed E-state index contributed by atoms with van der Waals surface area (Å²) in [5.74, 6) is 0. The predicted octanol–water partition coefficient (Wildman–Crippen LogP) is 1.31. The molecule has 0 radical (unpaired) electrons. The molecule has 0 saturated heterocycles. The number of hydrogen-bond donors (Lipinski definition) is 1. The maximum atomic E-state index is 12.0. The summed E-state index contributed by atoms with van der Waals surface area (Å²) in [6, 6.07) is 0.172. The highest BCUT2D eigenvalue weighted by Crippen LogP contribution is 2.03. The molecule has 4 heteroatoms. The first-order chi connectivity index (χ1) is 5.57. The van der Waals surface area contributed by atoms with E-state index in [0.29, 0.717) is 13.1 Å². The molecular weight excluding hydrogens is 162 g/mol. The summed E-state index contributed by atoms with van der Waals surface area (Å²) in [6.07, 6.45) is -1.46. The van der Waals surface area contributed by atoms with Gasteiger partial charge in [0.1, 0.15) is 0 Å². The zero-order chi connectivity index (χ0) is 9.56. The van der Waals surface area contributed by atoms with Crippen molar-refractivity contribution in [2.24, 2.45) is 5.73 Å². The molecule has 0 heterocycles. The molecule has 0 spiro atoms. The van der Waals surface area contributed by atoms with E-state index in [0.717, 1.165) is 6.42 Å². The van der Waals surface area contributed by atoms with Crippen molar-refractivity contribution in [2.75, 3.05) is 19.6 Å². The standard InChI is InChI=1S/C8H18F2N2/c1-7(2)12(5-3-4-11)6-8(9)10/h7-8H,3-6,11H2,1-2H3. The molecule has 0 aromatic rings. The second kappa shape index (κ2) is 6.31. The third-order valence-corrected chi connectivity index (χ3v) is 1.75. The van der Waals surface area contributed by atoms with Gasteiger partial charge in [0.2, 0.25) is 0 Å². The fourth-order valence-corrected chi connectivity index (χ4v) is 1.03. The van der Waals surface area contributed by atoms with Gasteiger partial charge in [-0.25, -0.2) is 8.78 Å². The summed E-state index contributed by atoms with van der Waals surface area (Å²) >= 11 is 0. The molecule has 0 rings (SSSR count). The minimum Gasteiger partial charge on any atom is -0.330 e. The van der Waals surface area contributed by atoms with Crippen molar-refractivity contribution in [1.82, 2.24) is 4.90 Å². The average Bonchev–Trinajstić information content (AvgIpc) is 1.96. The quantitative estimate of drug-likeness (QED) is 0.667. The van der Waals surface area contributed by atoms with Crippen LogP contribution < -0.4 is 5.73 Å². The van der Waals surface area contributed by atoms with E-state index in [1.807, 2.05) is 13.8 Å². The molecule has 0 aliphatic carbocycles. The van der Waals surface area contributed by atoms with Crippen LogP contribution in [0.25, 0.3) is 0 Å². The minimum absolute atomic E-state index is 0.141. The Bertz CT molecular complexity index is 107. The van der Waals surface area contributed by atoms with Gasteiger partial charge in [-0.1, -0.05) is 0 Å². The van der Waals surface area contributed by atoms with Crippen LogP contribution in [-0.4, -0.2) is 37.0 Å². The van der Waals surface area contributed by atoms with Crippen LogP contribution in [0.2, 0.25) is 0 Å². The van der Waals surface area contributed by atoms with E-state index in [4.69, 9.17) is 5.73 Å². The van der Waals surface area contributed by atoms with Gasteiger partial charge in [-0.15, -0.1) is 0 Å². The zero-order valence-electron chi connectivity index (χ0n) is 7.76. The van der Waals surface area contributed by atoms with Crippen LogP contribution in [0.1, 0.15) is 20.3 Å². The Morgan fingerprint density at radius 3 is 2.25 bits per heavy atom. The topological polar surface area (TPSA) is 29.3 Å². The van der Waals surface area contributed by atoms with E-state index in [1.54, 1.807) is 4.90 Å². The molecule has 0 aromatic heterocycles. The van der Waals surface area contributed by atoms with Gasteiger partial charge >= 0.3 is 0 Å². The molecule has 0 unspecified atom stereocenters. The van der Waals surface area contributed by atoms with Gasteiger partial charge < -0.3 is 5.73 Å². The van der Waals surface area contributed by atoms with Crippen LogP contribution in [0.5, 0.6) is 0 Å². The summed E-state index contributed by atoms with van der Waals surface area (Å²) in [4.78, 5) is 1.75. The van der Waals surface area contributed by atoms with Crippen molar-refractivity contribution < 1.29 is 8.78 Å². The second-order valence-corrected chi connectivity index (χ2v) is 3.12. The first kappa shape index (κ1) is 11.8. The molecule has 0 amide bonds. The van der Waals surface area contributed by atoms with Gasteiger partial charge in [-0.3, -0.25) is 4.90 Å². The van der Waals surface area contributed by atoms with Gasteiger partial charge in [-0.2, -0.15) is 0 Å². The van der Waals surface area contributed by atoms with E-state index < -0.39 is 6.43 Å². The monoisotopic (exact) mass is 180 g/mol. The lowest BCUT2D eigenvalue weighted by atomic mass is 10.3. The molecule has 0 aliphatic heterocycles. The molecule has 0 aliphatic rings. The highest BCUT2D eigenvalue weighted by atomic mass is 19.3. The van der Waals surface area contributed by atoms with Gasteiger partial charge in [0.05, 0.1) is 6.54 Å². The highest BCUT2D eigenvalue weighted by Gasteiger charge is 2.13. The Morgan fingerprint density at radius 1 is 1.33 bits per heavy atom. The fourth-order valence-electron chi connectivity index (χ4n) is 1.03. The minimum atomic E-state index is -2.25. The molecular formula is C8H18F2N2. The van der Waals surface area contributed by atoms with Crippen LogP contribution in [0.3, 0.4) is 0 Å². The first-order valence-electron chi connectivity index (χ1n) is 4.30. The molecule has 0 atom stereocenters. The number of alkyl halides is 2. The summed E-state index contributed by atoms with van der Waals surface area (Å²) in [6.45, 7) is 4.92. The largest absolute Gasteiger partial charge is 0.330 e. The molecule has 74 valence electrons. The predicted molar refractivity (Wildman–Crippen MR) is 46.4 cm³/mol. The third kappa shape index (κ3) is 5.43. The van der Waals surface area contributed by atoms with Crippen LogP contribution in [-0.2, 0) is 0 Å². The normalized spacial score (nSPS) is 12.0. The number of hydrogen-bond acceptors (Lipinski definition) is 2. The molecule has 12 heavy (non-hydrogen) atoms. The molecule has 0 saturated carbocycles. The Hall–Kier alpha value is -0.220. The smallest absolute Gasteiger partial charge is 0.251 e. The maximum absolute atomic E-state index is 12.0. The van der Waals surface area contributed by atoms with E-state index in [2.05, 4.69) is 0 Å². The molecule has 2 N–H and O–H groups in total. The third-order valence-electron chi connectivity index (χ3n) is 1.75. The molecule has 0 bridgehead atoms. The SMILES string of the molecule is CC(C)N(CCCN)CC(F)F. The van der Waals surface area contributed by atoms with Gasteiger partial charge in [0, 0.05) is 6.04 Å². The summed E-state index contributed by atoms with van der Waals surface area (Å²) in [5, 5.41) is 0. The molecule has 2 nitrogen and oxygen atoms in total. The Kier molecular flexibility index (Phi) is 6.20. The highest BCUT2D eigenvalue weighted by molar-refractivity contribution is 4.63. The lowest BCUT2D eigenvalue weighted by molar-refractivity contribution is 0.0728. The van der Waals surface area contributed by atoms with E-state index in [9.17, 15) is 8.78 Å². The Morgan fingerprint density at radius 2 is 1.92 bits per heavy atom. The fraction of sp³-hybridized carbons (Fsp3) is 1.00. The van der Waals surface area contributed by atoms with Crippen LogP contribution in [0.4, 0.5) is 8.78 Å². The zero-order valence-corrected chi connectivity index (χ0v) is 7.76. The van der Waals surface area contributed by atoms with E-state index in [1.165, 1.54) is 0 Å². The van der Waals surface area contributed by atoms with Crippen LogP contribution in [0, 0.1) is 0 Å². The van der Waals surface area contributed by atoms with E-state index in [-0.39, 0.29) is 12.6 Å². The lowest BCUT2D eigenvalue weighted by Crippen LogP contribution is -2.36. The number of halogens is 2. The average molecular weight is 180 g/mol. The van der Waals surface area contributed by atoms with Crippen molar-refractivity contribution in [2.45, 2.75) is 32.7 Å². The Balaban J connectivity index is 3.70. The summed E-state index contributed by atoms with van der Waals surface area (Å²) < 4.78 is 24.0. The second-order valence-electron chi connectivity index (χ2n) is 3.12. The van der Waals surface area contributed by atoms with E-state index >= 15 is 0 Å². The Labute approximate surface area is 72.7 Å². The maximum Gasteiger partial charge on any atom is 0.251 e. The van der Waals surface area contributed by atoms with Crippen molar-refractivity contribution in [3.05, 3.63) is 0 Å². The van der Waals surface area contributed by atoms with Crippen molar-refractivity contribution in [3.8, 4) is 0 Å². The van der Waals surface area contributed by atoms with Gasteiger partial charge in [0.15, 0.2) is 0 Å². The summed E-state index contributed by atoms with van der Waals surface area (Å²) in [5.41, 5.74) is 5.29. The van der Waals surface area contributed by atoms with Gasteiger partial charge in [-0.05, 0) is 33.4 Å². The van der Waals surface area contributed by atoms with Crippen LogP contribution in [0.15, 0.2) is 0 Å².